The fraction of sp³-hybridized carbons (Fsp3) is 0.214. The minimum Gasteiger partial charge on any atom is -0.480 e. The third-order valence-electron chi connectivity index (χ3n) is 2.97. The summed E-state index contributed by atoms with van der Waals surface area (Å²) in [5.41, 5.74) is 2.43. The third kappa shape index (κ3) is 3.38. The van der Waals surface area contributed by atoms with Gasteiger partial charge in [-0.25, -0.2) is 4.79 Å². The van der Waals surface area contributed by atoms with Crippen LogP contribution in [-0.2, 0) is 4.79 Å². The topological polar surface area (TPSA) is 98.3 Å². The van der Waals surface area contributed by atoms with Crippen molar-refractivity contribution >= 4 is 23.4 Å². The van der Waals surface area contributed by atoms with Gasteiger partial charge >= 0.3 is 12.0 Å². The smallest absolute Gasteiger partial charge is 0.326 e. The normalized spacial score (nSPS) is 10.2. The summed E-state index contributed by atoms with van der Waals surface area (Å²) in [7, 11) is 0. The van der Waals surface area contributed by atoms with Crippen LogP contribution in [0.5, 0.6) is 0 Å². The van der Waals surface area contributed by atoms with E-state index < -0.39 is 18.5 Å². The number of urea groups is 1. The van der Waals surface area contributed by atoms with Crippen molar-refractivity contribution in [2.75, 3.05) is 16.8 Å². The molecule has 0 atom stereocenters. The highest BCUT2D eigenvalue weighted by molar-refractivity contribution is 6.04. The lowest BCUT2D eigenvalue weighted by molar-refractivity contribution is -0.135. The molecule has 2 rings (SSSR count). The molecule has 7 heteroatoms. The molecule has 110 valence electrons. The molecule has 0 saturated carbocycles. The molecule has 0 aliphatic heterocycles. The average molecular weight is 288 g/mol. The zero-order chi connectivity index (χ0) is 15.4. The molecule has 0 saturated heterocycles. The molecule has 2 aromatic rings. The van der Waals surface area contributed by atoms with E-state index in [0.29, 0.717) is 22.8 Å². The van der Waals surface area contributed by atoms with Gasteiger partial charge in [-0.2, -0.15) is 5.10 Å². The minimum atomic E-state index is -1.09. The van der Waals surface area contributed by atoms with Crippen LogP contribution >= 0.6 is 0 Å². The zero-order valence-electron chi connectivity index (χ0n) is 11.8. The van der Waals surface area contributed by atoms with E-state index in [4.69, 9.17) is 5.11 Å². The highest BCUT2D eigenvalue weighted by Gasteiger charge is 2.20. The molecule has 3 N–H and O–H groups in total. The Hall–Kier alpha value is -2.83. The minimum absolute atomic E-state index is 0.425. The maximum atomic E-state index is 12.4. The van der Waals surface area contributed by atoms with Crippen molar-refractivity contribution in [3.63, 3.8) is 0 Å². The van der Waals surface area contributed by atoms with Crippen molar-refractivity contribution in [2.45, 2.75) is 13.8 Å². The lowest BCUT2D eigenvalue weighted by atomic mass is 10.3. The van der Waals surface area contributed by atoms with E-state index in [1.165, 1.54) is 0 Å². The van der Waals surface area contributed by atoms with E-state index in [1.54, 1.807) is 44.2 Å². The van der Waals surface area contributed by atoms with E-state index in [2.05, 4.69) is 15.5 Å². The Morgan fingerprint density at radius 3 is 2.48 bits per heavy atom. The largest absolute Gasteiger partial charge is 0.480 e. The summed E-state index contributed by atoms with van der Waals surface area (Å²) in [6, 6.07) is 8.12. The van der Waals surface area contributed by atoms with Gasteiger partial charge in [0.15, 0.2) is 0 Å². The number of rotatable bonds is 4. The molecule has 7 nitrogen and oxygen atoms in total. The second-order valence-corrected chi connectivity index (χ2v) is 4.55. The van der Waals surface area contributed by atoms with E-state index in [1.807, 2.05) is 0 Å². The summed E-state index contributed by atoms with van der Waals surface area (Å²) >= 11 is 0. The van der Waals surface area contributed by atoms with Gasteiger partial charge in [-0.15, -0.1) is 0 Å². The first kappa shape index (κ1) is 14.6. The number of aliphatic carboxylic acids is 1. The molecule has 2 amide bonds. The van der Waals surface area contributed by atoms with E-state index in [-0.39, 0.29) is 0 Å². The van der Waals surface area contributed by atoms with Gasteiger partial charge in [-0.05, 0) is 26.0 Å². The lowest BCUT2D eigenvalue weighted by Crippen LogP contribution is -2.39. The molecular weight excluding hydrogens is 272 g/mol. The number of amides is 2. The first-order valence-electron chi connectivity index (χ1n) is 6.36. The number of H-pyrrole nitrogens is 1. The SMILES string of the molecule is Cc1n[nH]c(C)c1NC(=O)N(CC(=O)O)c1ccccc1. The molecule has 0 fully saturated rings. The number of carbonyl (C=O) groups is 2. The van der Waals surface area contributed by atoms with Crippen LogP contribution in [0.3, 0.4) is 0 Å². The van der Waals surface area contributed by atoms with Gasteiger partial charge in [0.05, 0.1) is 17.1 Å². The number of hydrogen-bond acceptors (Lipinski definition) is 3. The van der Waals surface area contributed by atoms with Gasteiger partial charge in [-0.1, -0.05) is 18.2 Å². The van der Waals surface area contributed by atoms with Crippen LogP contribution in [-0.4, -0.2) is 33.8 Å². The summed E-state index contributed by atoms with van der Waals surface area (Å²) < 4.78 is 0. The molecule has 0 unspecified atom stereocenters. The number of nitrogens with one attached hydrogen (secondary N) is 2. The number of benzene rings is 1. The Bertz CT molecular complexity index is 632. The average Bonchev–Trinajstić information content (AvgIpc) is 2.77. The van der Waals surface area contributed by atoms with Crippen molar-refractivity contribution in [1.82, 2.24) is 10.2 Å². The molecule has 0 bridgehead atoms. The standard InChI is InChI=1S/C14H16N4O3/c1-9-13(10(2)17-16-9)15-14(21)18(8-12(19)20)11-6-4-3-5-7-11/h3-7H,8H2,1-2H3,(H,15,21)(H,16,17)(H,19,20). The van der Waals surface area contributed by atoms with Crippen molar-refractivity contribution in [1.29, 1.82) is 0 Å². The summed E-state index contributed by atoms with van der Waals surface area (Å²) in [5, 5.41) is 18.4. The fourth-order valence-corrected chi connectivity index (χ4v) is 1.93. The van der Waals surface area contributed by atoms with Crippen LogP contribution in [0.25, 0.3) is 0 Å². The number of carboxylic acids is 1. The summed E-state index contributed by atoms with van der Waals surface area (Å²) in [4.78, 5) is 24.5. The Morgan fingerprint density at radius 2 is 1.95 bits per heavy atom. The molecule has 0 aliphatic rings. The Morgan fingerprint density at radius 1 is 1.29 bits per heavy atom. The highest BCUT2D eigenvalue weighted by Crippen LogP contribution is 2.19. The van der Waals surface area contributed by atoms with Gasteiger partial charge in [0.2, 0.25) is 0 Å². The maximum absolute atomic E-state index is 12.4. The molecule has 0 spiro atoms. The predicted molar refractivity (Wildman–Crippen MR) is 78.5 cm³/mol. The fourth-order valence-electron chi connectivity index (χ4n) is 1.93. The van der Waals surface area contributed by atoms with Gasteiger partial charge in [0, 0.05) is 5.69 Å². The Labute approximate surface area is 121 Å². The number of carboxylic acid groups (broad SMARTS) is 1. The van der Waals surface area contributed by atoms with E-state index in [0.717, 1.165) is 4.90 Å². The van der Waals surface area contributed by atoms with Crippen LogP contribution in [0.15, 0.2) is 30.3 Å². The maximum Gasteiger partial charge on any atom is 0.326 e. The lowest BCUT2D eigenvalue weighted by Gasteiger charge is -2.21. The first-order valence-corrected chi connectivity index (χ1v) is 6.36. The molecule has 1 heterocycles. The zero-order valence-corrected chi connectivity index (χ0v) is 11.8. The molecule has 0 aliphatic carbocycles. The quantitative estimate of drug-likeness (QED) is 0.802. The van der Waals surface area contributed by atoms with Gasteiger partial charge < -0.3 is 10.4 Å². The second-order valence-electron chi connectivity index (χ2n) is 4.55. The van der Waals surface area contributed by atoms with E-state index in [9.17, 15) is 9.59 Å². The third-order valence-corrected chi connectivity index (χ3v) is 2.97. The monoisotopic (exact) mass is 288 g/mol. The molecule has 0 radical (unpaired) electrons. The Balaban J connectivity index is 2.25. The van der Waals surface area contributed by atoms with E-state index >= 15 is 0 Å². The number of aryl methyl sites for hydroxylation is 2. The number of aromatic amines is 1. The van der Waals surface area contributed by atoms with Gasteiger partial charge in [0.25, 0.3) is 0 Å². The number of aromatic nitrogens is 2. The highest BCUT2D eigenvalue weighted by atomic mass is 16.4. The first-order chi connectivity index (χ1) is 9.99. The predicted octanol–water partition coefficient (Wildman–Crippen LogP) is 2.15. The number of nitrogens with zero attached hydrogens (tertiary/aromatic N) is 2. The van der Waals surface area contributed by atoms with Crippen molar-refractivity contribution in [2.24, 2.45) is 0 Å². The van der Waals surface area contributed by atoms with Crippen LogP contribution in [0.4, 0.5) is 16.2 Å². The van der Waals surface area contributed by atoms with Crippen LogP contribution < -0.4 is 10.2 Å². The number of carbonyl (C=O) groups excluding carboxylic acids is 1. The summed E-state index contributed by atoms with van der Waals surface area (Å²) in [6.07, 6.45) is 0. The summed E-state index contributed by atoms with van der Waals surface area (Å²) in [6.45, 7) is 3.11. The van der Waals surface area contributed by atoms with Gasteiger partial charge in [-0.3, -0.25) is 14.8 Å². The molecule has 1 aromatic carbocycles. The summed E-state index contributed by atoms with van der Waals surface area (Å²) in [5.74, 6) is -1.09. The molecule has 21 heavy (non-hydrogen) atoms. The number of para-hydroxylation sites is 1. The number of hydrogen-bond donors (Lipinski definition) is 3. The molecular formula is C14H16N4O3. The van der Waals surface area contributed by atoms with Crippen molar-refractivity contribution < 1.29 is 14.7 Å². The second kappa shape index (κ2) is 6.08. The number of anilines is 2. The Kier molecular flexibility index (Phi) is 4.22. The van der Waals surface area contributed by atoms with Crippen molar-refractivity contribution in [3.8, 4) is 0 Å². The van der Waals surface area contributed by atoms with Crippen LogP contribution in [0, 0.1) is 13.8 Å². The van der Waals surface area contributed by atoms with Gasteiger partial charge in [0.1, 0.15) is 6.54 Å². The van der Waals surface area contributed by atoms with Crippen molar-refractivity contribution in [3.05, 3.63) is 41.7 Å². The van der Waals surface area contributed by atoms with Crippen LogP contribution in [0.2, 0.25) is 0 Å². The molecule has 1 aromatic heterocycles. The van der Waals surface area contributed by atoms with Crippen LogP contribution in [0.1, 0.15) is 11.4 Å².